The van der Waals surface area contributed by atoms with Crippen LogP contribution in [0, 0.1) is 20.8 Å². The van der Waals surface area contributed by atoms with Crippen molar-refractivity contribution in [2.45, 2.75) is 40.2 Å². The van der Waals surface area contributed by atoms with Crippen LogP contribution in [0.15, 0.2) is 18.2 Å². The van der Waals surface area contributed by atoms with Crippen molar-refractivity contribution in [3.8, 4) is 5.69 Å². The smallest absolute Gasteiger partial charge is 0.148 e. The fraction of sp³-hybridized carbons (Fsp3) is 0.429. The number of nitrogens with two attached hydrogens (primary N) is 1. The lowest BCUT2D eigenvalue weighted by Gasteiger charge is -2.11. The van der Waals surface area contributed by atoms with E-state index in [0.29, 0.717) is 0 Å². The highest BCUT2D eigenvalue weighted by Gasteiger charge is 2.08. The number of aromatic nitrogens is 3. The van der Waals surface area contributed by atoms with Crippen LogP contribution in [-0.2, 0) is 6.42 Å². The predicted octanol–water partition coefficient (Wildman–Crippen LogP) is 2.08. The lowest BCUT2D eigenvalue weighted by Crippen LogP contribution is -2.17. The normalized spacial score (nSPS) is 12.7. The number of aryl methyl sites for hydroxylation is 3. The zero-order chi connectivity index (χ0) is 13.3. The molecule has 2 N–H and O–H groups in total. The van der Waals surface area contributed by atoms with Crippen LogP contribution in [0.2, 0.25) is 0 Å². The Balaban J connectivity index is 2.38. The van der Waals surface area contributed by atoms with E-state index in [2.05, 4.69) is 35.2 Å². The molecule has 0 aliphatic rings. The topological polar surface area (TPSA) is 56.7 Å². The summed E-state index contributed by atoms with van der Waals surface area (Å²) in [5.41, 5.74) is 9.37. The Morgan fingerprint density at radius 2 is 2.00 bits per heavy atom. The molecule has 1 aromatic carbocycles. The molecule has 0 spiro atoms. The molecule has 0 fully saturated rings. The van der Waals surface area contributed by atoms with Crippen molar-refractivity contribution in [1.82, 2.24) is 14.8 Å². The van der Waals surface area contributed by atoms with Gasteiger partial charge in [0.2, 0.25) is 0 Å². The summed E-state index contributed by atoms with van der Waals surface area (Å²) in [6, 6.07) is 6.57. The summed E-state index contributed by atoms with van der Waals surface area (Å²) >= 11 is 0. The Morgan fingerprint density at radius 1 is 1.28 bits per heavy atom. The molecule has 0 bridgehead atoms. The highest BCUT2D eigenvalue weighted by Crippen LogP contribution is 2.17. The van der Waals surface area contributed by atoms with Crippen LogP contribution in [0.25, 0.3) is 5.69 Å². The third-order valence-electron chi connectivity index (χ3n) is 2.92. The van der Waals surface area contributed by atoms with Crippen LogP contribution in [0.3, 0.4) is 0 Å². The molecule has 96 valence electrons. The predicted molar refractivity (Wildman–Crippen MR) is 72.9 cm³/mol. The van der Waals surface area contributed by atoms with Gasteiger partial charge in [0.05, 0.1) is 5.69 Å². The average molecular weight is 244 g/mol. The van der Waals surface area contributed by atoms with E-state index in [-0.39, 0.29) is 6.04 Å². The zero-order valence-corrected chi connectivity index (χ0v) is 11.4. The lowest BCUT2D eigenvalue weighted by atomic mass is 10.0. The molecule has 2 rings (SSSR count). The maximum atomic E-state index is 5.82. The summed E-state index contributed by atoms with van der Waals surface area (Å²) in [7, 11) is 0. The van der Waals surface area contributed by atoms with Crippen LogP contribution in [0.5, 0.6) is 0 Å². The number of hydrogen-bond acceptors (Lipinski definition) is 3. The SMILES string of the molecule is Cc1nc(C)n(-c2ccc(CC(C)N)cc2C)n1. The van der Waals surface area contributed by atoms with Gasteiger partial charge in [-0.1, -0.05) is 12.1 Å². The summed E-state index contributed by atoms with van der Waals surface area (Å²) < 4.78 is 1.89. The van der Waals surface area contributed by atoms with Gasteiger partial charge in [0.15, 0.2) is 0 Å². The number of benzene rings is 1. The molecule has 1 heterocycles. The molecule has 0 saturated heterocycles. The molecule has 0 amide bonds. The van der Waals surface area contributed by atoms with Crippen LogP contribution in [0.4, 0.5) is 0 Å². The fourth-order valence-corrected chi connectivity index (χ4v) is 2.20. The van der Waals surface area contributed by atoms with E-state index < -0.39 is 0 Å². The molecule has 0 aliphatic heterocycles. The van der Waals surface area contributed by atoms with Gasteiger partial charge in [-0.25, -0.2) is 9.67 Å². The first kappa shape index (κ1) is 12.8. The van der Waals surface area contributed by atoms with Crippen molar-refractivity contribution in [2.75, 3.05) is 0 Å². The minimum absolute atomic E-state index is 0.186. The summed E-state index contributed by atoms with van der Waals surface area (Å²) in [6.07, 6.45) is 0.899. The monoisotopic (exact) mass is 244 g/mol. The van der Waals surface area contributed by atoms with Gasteiger partial charge in [-0.2, -0.15) is 5.10 Å². The molecule has 2 aromatic rings. The van der Waals surface area contributed by atoms with Crippen molar-refractivity contribution in [2.24, 2.45) is 5.73 Å². The standard InChI is InChI=1S/C14H20N4/c1-9-7-13(8-10(2)15)5-6-14(9)18-12(4)16-11(3)17-18/h5-7,10H,8,15H2,1-4H3. The molecule has 4 heteroatoms. The van der Waals surface area contributed by atoms with Crippen molar-refractivity contribution >= 4 is 0 Å². The van der Waals surface area contributed by atoms with Gasteiger partial charge in [-0.05, 0) is 51.3 Å². The third-order valence-corrected chi connectivity index (χ3v) is 2.92. The van der Waals surface area contributed by atoms with E-state index in [1.807, 2.05) is 25.5 Å². The largest absolute Gasteiger partial charge is 0.328 e. The Morgan fingerprint density at radius 3 is 2.50 bits per heavy atom. The summed E-state index contributed by atoms with van der Waals surface area (Å²) in [4.78, 5) is 4.33. The van der Waals surface area contributed by atoms with Gasteiger partial charge >= 0.3 is 0 Å². The van der Waals surface area contributed by atoms with E-state index in [4.69, 9.17) is 5.73 Å². The van der Waals surface area contributed by atoms with E-state index in [0.717, 1.165) is 23.8 Å². The average Bonchev–Trinajstić information content (AvgIpc) is 2.57. The number of rotatable bonds is 3. The minimum Gasteiger partial charge on any atom is -0.328 e. The van der Waals surface area contributed by atoms with E-state index in [1.165, 1.54) is 11.1 Å². The molecule has 4 nitrogen and oxygen atoms in total. The Hall–Kier alpha value is -1.68. The van der Waals surface area contributed by atoms with Crippen molar-refractivity contribution in [3.05, 3.63) is 41.0 Å². The lowest BCUT2D eigenvalue weighted by molar-refractivity contribution is 0.736. The fourth-order valence-electron chi connectivity index (χ4n) is 2.20. The van der Waals surface area contributed by atoms with Gasteiger partial charge in [0.25, 0.3) is 0 Å². The van der Waals surface area contributed by atoms with Crippen molar-refractivity contribution in [1.29, 1.82) is 0 Å². The second-order valence-corrected chi connectivity index (χ2v) is 4.92. The molecule has 18 heavy (non-hydrogen) atoms. The second-order valence-electron chi connectivity index (χ2n) is 4.92. The number of nitrogens with zero attached hydrogens (tertiary/aromatic N) is 3. The first-order valence-electron chi connectivity index (χ1n) is 6.23. The molecule has 0 aliphatic carbocycles. The van der Waals surface area contributed by atoms with E-state index in [9.17, 15) is 0 Å². The van der Waals surface area contributed by atoms with Crippen LogP contribution >= 0.6 is 0 Å². The van der Waals surface area contributed by atoms with Gasteiger partial charge in [0, 0.05) is 6.04 Å². The summed E-state index contributed by atoms with van der Waals surface area (Å²) in [6.45, 7) is 7.99. The Labute approximate surface area is 108 Å². The molecular formula is C14H20N4. The van der Waals surface area contributed by atoms with E-state index >= 15 is 0 Å². The molecule has 1 aromatic heterocycles. The first-order valence-corrected chi connectivity index (χ1v) is 6.23. The van der Waals surface area contributed by atoms with Gasteiger partial charge in [-0.15, -0.1) is 0 Å². The van der Waals surface area contributed by atoms with Crippen LogP contribution in [-0.4, -0.2) is 20.8 Å². The van der Waals surface area contributed by atoms with Gasteiger partial charge in [-0.3, -0.25) is 0 Å². The minimum atomic E-state index is 0.186. The maximum Gasteiger partial charge on any atom is 0.148 e. The molecule has 1 atom stereocenters. The Bertz CT molecular complexity index is 555. The second kappa shape index (κ2) is 4.90. The third kappa shape index (κ3) is 2.59. The van der Waals surface area contributed by atoms with E-state index in [1.54, 1.807) is 0 Å². The first-order chi connectivity index (χ1) is 8.47. The number of hydrogen-bond donors (Lipinski definition) is 1. The summed E-state index contributed by atoms with van der Waals surface area (Å²) in [5, 5.41) is 4.41. The van der Waals surface area contributed by atoms with Crippen molar-refractivity contribution in [3.63, 3.8) is 0 Å². The molecular weight excluding hydrogens is 224 g/mol. The van der Waals surface area contributed by atoms with Gasteiger partial charge in [0.1, 0.15) is 11.6 Å². The Kier molecular flexibility index (Phi) is 3.48. The highest BCUT2D eigenvalue weighted by molar-refractivity contribution is 5.42. The molecule has 0 saturated carbocycles. The van der Waals surface area contributed by atoms with Gasteiger partial charge < -0.3 is 5.73 Å². The quantitative estimate of drug-likeness (QED) is 0.899. The molecule has 0 radical (unpaired) electrons. The maximum absolute atomic E-state index is 5.82. The van der Waals surface area contributed by atoms with Crippen LogP contribution < -0.4 is 5.73 Å². The van der Waals surface area contributed by atoms with Crippen LogP contribution in [0.1, 0.15) is 29.7 Å². The zero-order valence-electron chi connectivity index (χ0n) is 11.4. The molecule has 1 unspecified atom stereocenters. The summed E-state index contributed by atoms with van der Waals surface area (Å²) in [5.74, 6) is 1.71. The van der Waals surface area contributed by atoms with Crippen molar-refractivity contribution < 1.29 is 0 Å². The highest BCUT2D eigenvalue weighted by atomic mass is 15.3.